The second-order valence-corrected chi connectivity index (χ2v) is 4.50. The Bertz CT molecular complexity index is 316. The van der Waals surface area contributed by atoms with Crippen molar-refractivity contribution in [3.8, 4) is 0 Å². The van der Waals surface area contributed by atoms with Crippen molar-refractivity contribution in [2.75, 3.05) is 12.4 Å². The molecule has 0 radical (unpaired) electrons. The summed E-state index contributed by atoms with van der Waals surface area (Å²) in [5, 5.41) is 2.74. The van der Waals surface area contributed by atoms with E-state index in [9.17, 15) is 4.79 Å². The van der Waals surface area contributed by atoms with E-state index in [0.717, 1.165) is 12.8 Å². The van der Waals surface area contributed by atoms with E-state index in [2.05, 4.69) is 5.32 Å². The van der Waals surface area contributed by atoms with Gasteiger partial charge in [0.05, 0.1) is 5.38 Å². The molecule has 0 aliphatic heterocycles. The van der Waals surface area contributed by atoms with Gasteiger partial charge in [-0.1, -0.05) is 18.2 Å². The van der Waals surface area contributed by atoms with Crippen LogP contribution in [0, 0.1) is 0 Å². The van der Waals surface area contributed by atoms with Crippen molar-refractivity contribution in [2.45, 2.75) is 18.2 Å². The molecule has 1 aromatic carbocycles. The Morgan fingerprint density at radius 1 is 1.31 bits per heavy atom. The Morgan fingerprint density at radius 3 is 2.62 bits per heavy atom. The van der Waals surface area contributed by atoms with Gasteiger partial charge in [-0.2, -0.15) is 0 Å². The molecule has 1 aromatic rings. The molecule has 1 rings (SSSR count). The second kappa shape index (κ2) is 7.53. The summed E-state index contributed by atoms with van der Waals surface area (Å²) in [4.78, 5) is 11.6. The van der Waals surface area contributed by atoms with Gasteiger partial charge >= 0.3 is 0 Å². The van der Waals surface area contributed by atoms with Crippen LogP contribution in [0.15, 0.2) is 30.3 Å². The van der Waals surface area contributed by atoms with Gasteiger partial charge in [0.25, 0.3) is 5.91 Å². The lowest BCUT2D eigenvalue weighted by Crippen LogP contribution is -2.29. The van der Waals surface area contributed by atoms with Gasteiger partial charge in [-0.25, -0.2) is 0 Å². The number of carbonyl (C=O) groups is 1. The summed E-state index contributed by atoms with van der Waals surface area (Å²) in [7, 11) is 0. The molecule has 1 N–H and O–H groups in total. The number of benzene rings is 1. The normalized spacial score (nSPS) is 12.1. The zero-order chi connectivity index (χ0) is 11.8. The maximum absolute atomic E-state index is 11.6. The molecule has 1 atom stereocenters. The fourth-order valence-electron chi connectivity index (χ4n) is 1.30. The summed E-state index contributed by atoms with van der Waals surface area (Å²) in [5.74, 6) is 0.521. The molecule has 0 fully saturated rings. The maximum atomic E-state index is 11.6. The van der Waals surface area contributed by atoms with Crippen molar-refractivity contribution in [3.05, 3.63) is 35.9 Å². The summed E-state index contributed by atoms with van der Waals surface area (Å²) >= 11 is 11.6. The van der Waals surface area contributed by atoms with Crippen LogP contribution in [0.4, 0.5) is 0 Å². The van der Waals surface area contributed by atoms with Crippen molar-refractivity contribution in [1.82, 2.24) is 5.32 Å². The molecule has 0 saturated heterocycles. The topological polar surface area (TPSA) is 29.1 Å². The molecule has 0 bridgehead atoms. The van der Waals surface area contributed by atoms with Gasteiger partial charge in [-0.05, 0) is 25.0 Å². The molecule has 88 valence electrons. The minimum Gasteiger partial charge on any atom is -0.351 e. The van der Waals surface area contributed by atoms with Crippen molar-refractivity contribution < 1.29 is 4.79 Å². The molecule has 0 heterocycles. The highest BCUT2D eigenvalue weighted by Gasteiger charge is 2.08. The second-order valence-electron chi connectivity index (χ2n) is 3.50. The minimum atomic E-state index is -0.0860. The Morgan fingerprint density at radius 2 is 2.00 bits per heavy atom. The van der Waals surface area contributed by atoms with Crippen molar-refractivity contribution in [1.29, 1.82) is 0 Å². The number of carbonyl (C=O) groups excluding carboxylic acids is 1. The van der Waals surface area contributed by atoms with Crippen LogP contribution >= 0.6 is 23.2 Å². The van der Waals surface area contributed by atoms with E-state index in [4.69, 9.17) is 23.2 Å². The van der Waals surface area contributed by atoms with Crippen LogP contribution in [0.2, 0.25) is 0 Å². The highest BCUT2D eigenvalue weighted by molar-refractivity contribution is 6.21. The van der Waals surface area contributed by atoms with Crippen molar-refractivity contribution in [3.63, 3.8) is 0 Å². The zero-order valence-electron chi connectivity index (χ0n) is 8.96. The van der Waals surface area contributed by atoms with Gasteiger partial charge in [0.15, 0.2) is 0 Å². The number of hydrogen-bond donors (Lipinski definition) is 1. The fourth-order valence-corrected chi connectivity index (χ4v) is 1.68. The lowest BCUT2D eigenvalue weighted by Gasteiger charge is -2.09. The summed E-state index contributed by atoms with van der Waals surface area (Å²) in [6.07, 6.45) is 1.69. The number of halogens is 2. The van der Waals surface area contributed by atoms with Gasteiger partial charge in [0, 0.05) is 18.0 Å². The highest BCUT2D eigenvalue weighted by Crippen LogP contribution is 2.05. The summed E-state index contributed by atoms with van der Waals surface area (Å²) < 4.78 is 0. The average molecular weight is 260 g/mol. The van der Waals surface area contributed by atoms with Crippen LogP contribution in [0.25, 0.3) is 0 Å². The first-order valence-electron chi connectivity index (χ1n) is 5.27. The third-order valence-corrected chi connectivity index (χ3v) is 2.81. The molecular weight excluding hydrogens is 245 g/mol. The van der Waals surface area contributed by atoms with Gasteiger partial charge in [0.1, 0.15) is 0 Å². The Labute approximate surface area is 106 Å². The average Bonchev–Trinajstić information content (AvgIpc) is 2.34. The van der Waals surface area contributed by atoms with Gasteiger partial charge in [0.2, 0.25) is 0 Å². The molecule has 1 unspecified atom stereocenters. The lowest BCUT2D eigenvalue weighted by molar-refractivity contribution is 0.0953. The number of hydrogen-bond acceptors (Lipinski definition) is 1. The van der Waals surface area contributed by atoms with Crippen molar-refractivity contribution >= 4 is 29.1 Å². The monoisotopic (exact) mass is 259 g/mol. The Balaban J connectivity index is 2.30. The predicted octanol–water partition coefficient (Wildman–Crippen LogP) is 3.04. The highest BCUT2D eigenvalue weighted by atomic mass is 35.5. The molecule has 0 aliphatic rings. The number of amides is 1. The van der Waals surface area contributed by atoms with Crippen LogP contribution in [-0.2, 0) is 0 Å². The predicted molar refractivity (Wildman–Crippen MR) is 68.4 cm³/mol. The maximum Gasteiger partial charge on any atom is 0.251 e. The molecule has 16 heavy (non-hydrogen) atoms. The minimum absolute atomic E-state index is 0.0496. The Hall–Kier alpha value is -0.730. The van der Waals surface area contributed by atoms with E-state index >= 15 is 0 Å². The standard InChI is InChI=1S/C12H15Cl2NO/c13-8-4-7-11(14)9-15-12(16)10-5-2-1-3-6-10/h1-3,5-6,11H,4,7-9H2,(H,15,16). The third kappa shape index (κ3) is 4.86. The van der Waals surface area contributed by atoms with Gasteiger partial charge < -0.3 is 5.32 Å². The summed E-state index contributed by atoms with van der Waals surface area (Å²) in [6, 6.07) is 9.09. The number of rotatable bonds is 6. The first kappa shape index (κ1) is 13.3. The lowest BCUT2D eigenvalue weighted by atomic mass is 10.2. The smallest absolute Gasteiger partial charge is 0.251 e. The molecule has 2 nitrogen and oxygen atoms in total. The molecule has 1 amide bonds. The van der Waals surface area contributed by atoms with E-state index in [1.807, 2.05) is 18.2 Å². The zero-order valence-corrected chi connectivity index (χ0v) is 10.5. The number of alkyl halides is 2. The van der Waals surface area contributed by atoms with Gasteiger partial charge in [-0.15, -0.1) is 23.2 Å². The van der Waals surface area contributed by atoms with E-state index in [-0.39, 0.29) is 11.3 Å². The summed E-state index contributed by atoms with van der Waals surface area (Å²) in [5.41, 5.74) is 0.656. The van der Waals surface area contributed by atoms with Crippen LogP contribution in [-0.4, -0.2) is 23.7 Å². The van der Waals surface area contributed by atoms with E-state index < -0.39 is 0 Å². The first-order valence-corrected chi connectivity index (χ1v) is 6.24. The summed E-state index contributed by atoms with van der Waals surface area (Å²) in [6.45, 7) is 0.478. The van der Waals surface area contributed by atoms with Crippen LogP contribution in [0.3, 0.4) is 0 Å². The molecule has 0 saturated carbocycles. The molecule has 0 aromatic heterocycles. The van der Waals surface area contributed by atoms with E-state index in [1.54, 1.807) is 12.1 Å². The molecular formula is C12H15Cl2NO. The fraction of sp³-hybridized carbons (Fsp3) is 0.417. The molecule has 0 aliphatic carbocycles. The molecule has 0 spiro atoms. The first-order chi connectivity index (χ1) is 7.74. The van der Waals surface area contributed by atoms with Gasteiger partial charge in [-0.3, -0.25) is 4.79 Å². The molecule has 4 heteroatoms. The largest absolute Gasteiger partial charge is 0.351 e. The quantitative estimate of drug-likeness (QED) is 0.782. The third-order valence-electron chi connectivity index (χ3n) is 2.17. The van der Waals surface area contributed by atoms with Crippen LogP contribution in [0.5, 0.6) is 0 Å². The van der Waals surface area contributed by atoms with Crippen LogP contribution in [0.1, 0.15) is 23.2 Å². The van der Waals surface area contributed by atoms with Crippen LogP contribution < -0.4 is 5.32 Å². The number of nitrogens with one attached hydrogen (secondary N) is 1. The van der Waals surface area contributed by atoms with Crippen molar-refractivity contribution in [2.24, 2.45) is 0 Å². The van der Waals surface area contributed by atoms with E-state index in [1.165, 1.54) is 0 Å². The Kier molecular flexibility index (Phi) is 6.27. The SMILES string of the molecule is O=C(NCC(Cl)CCCCl)c1ccccc1. The van der Waals surface area contributed by atoms with E-state index in [0.29, 0.717) is 18.0 Å².